The number of benzene rings is 1. The molecular formula is C20H32N2O4. The molecular weight excluding hydrogens is 332 g/mol. The van der Waals surface area contributed by atoms with Gasteiger partial charge >= 0.3 is 6.09 Å². The highest BCUT2D eigenvalue weighted by Crippen LogP contribution is 2.34. The second-order valence-corrected chi connectivity index (χ2v) is 7.98. The molecule has 0 aliphatic carbocycles. The van der Waals surface area contributed by atoms with Crippen molar-refractivity contribution >= 4 is 11.8 Å². The fourth-order valence-corrected chi connectivity index (χ4v) is 3.32. The SMILES string of the molecule is COc1ccc(NCC[C@@]2(C)CCCN2C(=O)OC(C)(C)C)c(OC)c1. The molecule has 1 aliphatic heterocycles. The van der Waals surface area contributed by atoms with Crippen LogP contribution >= 0.6 is 0 Å². The Morgan fingerprint density at radius 3 is 2.62 bits per heavy atom. The van der Waals surface area contributed by atoms with Crippen LogP contribution in [0.15, 0.2) is 18.2 Å². The number of methoxy groups -OCH3 is 2. The maximum Gasteiger partial charge on any atom is 0.410 e. The lowest BCUT2D eigenvalue weighted by Gasteiger charge is -2.36. The summed E-state index contributed by atoms with van der Waals surface area (Å²) in [7, 11) is 3.27. The largest absolute Gasteiger partial charge is 0.497 e. The van der Waals surface area contributed by atoms with E-state index in [1.807, 2.05) is 43.9 Å². The molecule has 0 spiro atoms. The second-order valence-electron chi connectivity index (χ2n) is 7.98. The highest BCUT2D eigenvalue weighted by molar-refractivity contribution is 5.69. The van der Waals surface area contributed by atoms with Gasteiger partial charge in [-0.25, -0.2) is 4.79 Å². The summed E-state index contributed by atoms with van der Waals surface area (Å²) in [6.45, 7) is 9.31. The van der Waals surface area contributed by atoms with Crippen molar-refractivity contribution in [1.29, 1.82) is 0 Å². The van der Waals surface area contributed by atoms with Crippen LogP contribution in [0.2, 0.25) is 0 Å². The number of amides is 1. The molecule has 0 radical (unpaired) electrons. The van der Waals surface area contributed by atoms with Gasteiger partial charge in [0.05, 0.1) is 19.9 Å². The first kappa shape index (κ1) is 20.2. The van der Waals surface area contributed by atoms with E-state index in [4.69, 9.17) is 14.2 Å². The molecule has 1 aromatic carbocycles. The lowest BCUT2D eigenvalue weighted by molar-refractivity contribution is 0.00992. The van der Waals surface area contributed by atoms with Gasteiger partial charge in [-0.3, -0.25) is 0 Å². The Balaban J connectivity index is 1.98. The van der Waals surface area contributed by atoms with Crippen LogP contribution in [0.1, 0.15) is 47.0 Å². The van der Waals surface area contributed by atoms with E-state index in [0.29, 0.717) is 0 Å². The number of hydrogen-bond donors (Lipinski definition) is 1. The van der Waals surface area contributed by atoms with E-state index in [1.54, 1.807) is 14.2 Å². The summed E-state index contributed by atoms with van der Waals surface area (Å²) in [5.74, 6) is 1.50. The molecule has 0 saturated carbocycles. The van der Waals surface area contributed by atoms with Crippen molar-refractivity contribution in [3.05, 3.63) is 18.2 Å². The average Bonchev–Trinajstić information content (AvgIpc) is 2.95. The number of carbonyl (C=O) groups excluding carboxylic acids is 1. The van der Waals surface area contributed by atoms with Crippen molar-refractivity contribution in [1.82, 2.24) is 4.90 Å². The van der Waals surface area contributed by atoms with E-state index in [-0.39, 0.29) is 11.6 Å². The van der Waals surface area contributed by atoms with Crippen LogP contribution < -0.4 is 14.8 Å². The van der Waals surface area contributed by atoms with Gasteiger partial charge in [0.1, 0.15) is 17.1 Å². The molecule has 6 nitrogen and oxygen atoms in total. The minimum absolute atomic E-state index is 0.199. The molecule has 1 N–H and O–H groups in total. The first-order valence-corrected chi connectivity index (χ1v) is 9.15. The first-order chi connectivity index (χ1) is 12.2. The lowest BCUT2D eigenvalue weighted by atomic mass is 9.94. The number of nitrogens with one attached hydrogen (secondary N) is 1. The Morgan fingerprint density at radius 1 is 1.27 bits per heavy atom. The first-order valence-electron chi connectivity index (χ1n) is 9.15. The molecule has 1 amide bonds. The molecule has 0 aromatic heterocycles. The van der Waals surface area contributed by atoms with Crippen molar-refractivity contribution in [2.24, 2.45) is 0 Å². The average molecular weight is 364 g/mol. The summed E-state index contributed by atoms with van der Waals surface area (Å²) in [5.41, 5.74) is 0.239. The van der Waals surface area contributed by atoms with Gasteiger partial charge in [0.2, 0.25) is 0 Å². The van der Waals surface area contributed by atoms with E-state index in [0.717, 1.165) is 49.5 Å². The van der Waals surface area contributed by atoms with Gasteiger partial charge in [0.15, 0.2) is 0 Å². The summed E-state index contributed by atoms with van der Waals surface area (Å²) in [5, 5.41) is 3.42. The van der Waals surface area contributed by atoms with Crippen molar-refractivity contribution in [3.8, 4) is 11.5 Å². The van der Waals surface area contributed by atoms with Gasteiger partial charge in [0, 0.05) is 24.7 Å². The third-order valence-corrected chi connectivity index (χ3v) is 4.75. The number of likely N-dealkylation sites (tertiary alicyclic amines) is 1. The topological polar surface area (TPSA) is 60.0 Å². The third-order valence-electron chi connectivity index (χ3n) is 4.75. The van der Waals surface area contributed by atoms with E-state index in [9.17, 15) is 4.79 Å². The van der Waals surface area contributed by atoms with E-state index >= 15 is 0 Å². The fourth-order valence-electron chi connectivity index (χ4n) is 3.32. The predicted octanol–water partition coefficient (Wildman–Crippen LogP) is 4.30. The van der Waals surface area contributed by atoms with Crippen molar-refractivity contribution in [2.75, 3.05) is 32.6 Å². The maximum absolute atomic E-state index is 12.5. The Kier molecular flexibility index (Phi) is 6.26. The number of carbonyl (C=O) groups is 1. The molecule has 1 aromatic rings. The van der Waals surface area contributed by atoms with Gasteiger partial charge in [-0.1, -0.05) is 0 Å². The Labute approximate surface area is 156 Å². The highest BCUT2D eigenvalue weighted by atomic mass is 16.6. The number of rotatable bonds is 6. The van der Waals surface area contributed by atoms with Crippen LogP contribution in [-0.2, 0) is 4.74 Å². The van der Waals surface area contributed by atoms with Crippen LogP contribution in [0, 0.1) is 0 Å². The monoisotopic (exact) mass is 364 g/mol. The molecule has 0 bridgehead atoms. The molecule has 1 fully saturated rings. The van der Waals surface area contributed by atoms with Crippen LogP contribution in [0.3, 0.4) is 0 Å². The Morgan fingerprint density at radius 2 is 2.00 bits per heavy atom. The summed E-state index contributed by atoms with van der Waals surface area (Å²) < 4.78 is 16.2. The van der Waals surface area contributed by atoms with Crippen molar-refractivity contribution < 1.29 is 19.0 Å². The minimum atomic E-state index is -0.477. The number of anilines is 1. The molecule has 1 atom stereocenters. The van der Waals surface area contributed by atoms with E-state index in [2.05, 4.69) is 12.2 Å². The summed E-state index contributed by atoms with van der Waals surface area (Å²) in [6.07, 6.45) is 2.59. The third kappa shape index (κ3) is 4.96. The highest BCUT2D eigenvalue weighted by Gasteiger charge is 2.41. The Bertz CT molecular complexity index is 627. The zero-order valence-electron chi connectivity index (χ0n) is 16.8. The molecule has 26 heavy (non-hydrogen) atoms. The standard InChI is InChI=1S/C20H32N2O4/c1-19(2,3)26-18(23)22-13-7-10-20(22,4)11-12-21-16-9-8-15(24-5)14-17(16)25-6/h8-9,14,21H,7,10-13H2,1-6H3/t20-/m1/s1. The summed E-state index contributed by atoms with van der Waals surface area (Å²) in [4.78, 5) is 14.4. The molecule has 6 heteroatoms. The molecule has 2 rings (SSSR count). The van der Waals surface area contributed by atoms with Crippen LogP contribution in [0.25, 0.3) is 0 Å². The maximum atomic E-state index is 12.5. The van der Waals surface area contributed by atoms with Crippen LogP contribution in [0.5, 0.6) is 11.5 Å². The van der Waals surface area contributed by atoms with Gasteiger partial charge in [-0.2, -0.15) is 0 Å². The summed E-state index contributed by atoms with van der Waals surface area (Å²) >= 11 is 0. The molecule has 1 aliphatic rings. The Hall–Kier alpha value is -2.11. The van der Waals surface area contributed by atoms with Crippen LogP contribution in [0.4, 0.5) is 10.5 Å². The molecule has 0 unspecified atom stereocenters. The van der Waals surface area contributed by atoms with Gasteiger partial charge in [0.25, 0.3) is 0 Å². The van der Waals surface area contributed by atoms with Crippen molar-refractivity contribution in [2.45, 2.75) is 58.1 Å². The molecule has 1 saturated heterocycles. The summed E-state index contributed by atoms with van der Waals surface area (Å²) in [6, 6.07) is 5.70. The minimum Gasteiger partial charge on any atom is -0.497 e. The molecule has 1 heterocycles. The second kappa shape index (κ2) is 8.06. The van der Waals surface area contributed by atoms with E-state index < -0.39 is 5.60 Å². The predicted molar refractivity (Wildman–Crippen MR) is 103 cm³/mol. The number of hydrogen-bond acceptors (Lipinski definition) is 5. The fraction of sp³-hybridized carbons (Fsp3) is 0.650. The smallest absolute Gasteiger partial charge is 0.410 e. The van der Waals surface area contributed by atoms with Gasteiger partial charge in [-0.15, -0.1) is 0 Å². The molecule has 146 valence electrons. The quantitative estimate of drug-likeness (QED) is 0.816. The van der Waals surface area contributed by atoms with Gasteiger partial charge in [-0.05, 0) is 59.1 Å². The van der Waals surface area contributed by atoms with Gasteiger partial charge < -0.3 is 24.4 Å². The van der Waals surface area contributed by atoms with Crippen LogP contribution in [-0.4, -0.2) is 49.4 Å². The zero-order chi connectivity index (χ0) is 19.4. The van der Waals surface area contributed by atoms with Crippen molar-refractivity contribution in [3.63, 3.8) is 0 Å². The number of ether oxygens (including phenoxy) is 3. The lowest BCUT2D eigenvalue weighted by Crippen LogP contribution is -2.48. The van der Waals surface area contributed by atoms with E-state index in [1.165, 1.54) is 0 Å². The number of nitrogens with zero attached hydrogens (tertiary/aromatic N) is 1. The normalized spacial score (nSPS) is 20.0. The zero-order valence-corrected chi connectivity index (χ0v) is 16.8.